The molecule has 0 saturated heterocycles. The molecule has 0 amide bonds. The maximum absolute atomic E-state index is 10.7. The first-order valence-electron chi connectivity index (χ1n) is 4.86. The van der Waals surface area contributed by atoms with Crippen LogP contribution in [-0.4, -0.2) is 6.29 Å². The molecule has 1 aromatic rings. The lowest BCUT2D eigenvalue weighted by Gasteiger charge is -2.13. The summed E-state index contributed by atoms with van der Waals surface area (Å²) in [6.45, 7) is 2.01. The molecule has 1 aliphatic carbocycles. The van der Waals surface area contributed by atoms with Gasteiger partial charge in [-0.2, -0.15) is 0 Å². The fraction of sp³-hybridized carbons (Fsp3) is 0.417. The van der Waals surface area contributed by atoms with Gasteiger partial charge in [0.05, 0.1) is 0 Å². The molecule has 0 saturated carbocycles. The van der Waals surface area contributed by atoms with Crippen molar-refractivity contribution in [3.8, 4) is 0 Å². The standard InChI is InChI=1S/C12H14O/c1-9(8-13)11-7-6-10-4-2-3-5-12(10)11/h2-5,8-9,11H,6-7H2,1H3. The van der Waals surface area contributed by atoms with Crippen LogP contribution in [0.2, 0.25) is 0 Å². The van der Waals surface area contributed by atoms with Crippen molar-refractivity contribution in [2.24, 2.45) is 5.92 Å². The van der Waals surface area contributed by atoms with Gasteiger partial charge in [0.15, 0.2) is 0 Å². The summed E-state index contributed by atoms with van der Waals surface area (Å²) < 4.78 is 0. The summed E-state index contributed by atoms with van der Waals surface area (Å²) in [4.78, 5) is 10.7. The van der Waals surface area contributed by atoms with E-state index < -0.39 is 0 Å². The Kier molecular flexibility index (Phi) is 2.17. The molecule has 68 valence electrons. The van der Waals surface area contributed by atoms with Gasteiger partial charge in [-0.25, -0.2) is 0 Å². The van der Waals surface area contributed by atoms with Crippen molar-refractivity contribution >= 4 is 6.29 Å². The predicted molar refractivity (Wildman–Crippen MR) is 52.7 cm³/mol. The number of hydrogen-bond acceptors (Lipinski definition) is 1. The van der Waals surface area contributed by atoms with E-state index in [0.29, 0.717) is 5.92 Å². The Morgan fingerprint density at radius 3 is 3.00 bits per heavy atom. The lowest BCUT2D eigenvalue weighted by molar-refractivity contribution is -0.111. The molecule has 0 aliphatic heterocycles. The molecule has 2 unspecified atom stereocenters. The predicted octanol–water partition coefficient (Wildman–Crippen LogP) is 2.55. The highest BCUT2D eigenvalue weighted by molar-refractivity contribution is 5.56. The molecule has 1 aromatic carbocycles. The van der Waals surface area contributed by atoms with Gasteiger partial charge >= 0.3 is 0 Å². The fourth-order valence-corrected chi connectivity index (χ4v) is 2.23. The maximum Gasteiger partial charge on any atom is 0.123 e. The summed E-state index contributed by atoms with van der Waals surface area (Å²) in [5.74, 6) is 0.636. The monoisotopic (exact) mass is 174 g/mol. The zero-order chi connectivity index (χ0) is 9.26. The normalized spacial score (nSPS) is 22.4. The molecule has 2 atom stereocenters. The van der Waals surface area contributed by atoms with Gasteiger partial charge < -0.3 is 4.79 Å². The number of rotatable bonds is 2. The molecular weight excluding hydrogens is 160 g/mol. The average molecular weight is 174 g/mol. The summed E-state index contributed by atoms with van der Waals surface area (Å²) in [6, 6.07) is 8.47. The van der Waals surface area contributed by atoms with Crippen molar-refractivity contribution in [1.29, 1.82) is 0 Å². The number of fused-ring (bicyclic) bond motifs is 1. The van der Waals surface area contributed by atoms with Gasteiger partial charge in [-0.15, -0.1) is 0 Å². The molecule has 2 rings (SSSR count). The molecule has 1 heteroatoms. The largest absolute Gasteiger partial charge is 0.303 e. The Morgan fingerprint density at radius 1 is 1.46 bits per heavy atom. The Balaban J connectivity index is 2.33. The number of carbonyl (C=O) groups excluding carboxylic acids is 1. The van der Waals surface area contributed by atoms with Crippen LogP contribution in [0.15, 0.2) is 24.3 Å². The topological polar surface area (TPSA) is 17.1 Å². The van der Waals surface area contributed by atoms with Crippen LogP contribution in [0.3, 0.4) is 0 Å². The molecule has 13 heavy (non-hydrogen) atoms. The summed E-state index contributed by atoms with van der Waals surface area (Å²) in [5.41, 5.74) is 2.82. The molecule has 0 aromatic heterocycles. The van der Waals surface area contributed by atoms with E-state index in [0.717, 1.165) is 19.1 Å². The quantitative estimate of drug-likeness (QED) is 0.630. The van der Waals surface area contributed by atoms with E-state index in [-0.39, 0.29) is 5.92 Å². The Bertz CT molecular complexity index is 317. The first-order chi connectivity index (χ1) is 6.33. The average Bonchev–Trinajstić information content (AvgIpc) is 2.60. The van der Waals surface area contributed by atoms with Crippen molar-refractivity contribution in [2.45, 2.75) is 25.7 Å². The SMILES string of the molecule is CC(C=O)C1CCc2ccccc21. The fourth-order valence-electron chi connectivity index (χ4n) is 2.23. The van der Waals surface area contributed by atoms with E-state index in [1.807, 2.05) is 6.92 Å². The molecule has 0 spiro atoms. The summed E-state index contributed by atoms with van der Waals surface area (Å²) in [7, 11) is 0. The zero-order valence-corrected chi connectivity index (χ0v) is 7.86. The van der Waals surface area contributed by atoms with Gasteiger partial charge in [0, 0.05) is 5.92 Å². The highest BCUT2D eigenvalue weighted by Crippen LogP contribution is 2.37. The van der Waals surface area contributed by atoms with Gasteiger partial charge in [0.2, 0.25) is 0 Å². The summed E-state index contributed by atoms with van der Waals surface area (Å²) >= 11 is 0. The van der Waals surface area contributed by atoms with Crippen LogP contribution in [0, 0.1) is 5.92 Å². The van der Waals surface area contributed by atoms with Crippen LogP contribution < -0.4 is 0 Å². The van der Waals surface area contributed by atoms with Gasteiger partial charge in [-0.05, 0) is 29.9 Å². The lowest BCUT2D eigenvalue weighted by atomic mass is 9.90. The maximum atomic E-state index is 10.7. The second kappa shape index (κ2) is 3.33. The van der Waals surface area contributed by atoms with Crippen LogP contribution in [0.5, 0.6) is 0 Å². The van der Waals surface area contributed by atoms with Gasteiger partial charge in [0.25, 0.3) is 0 Å². The van der Waals surface area contributed by atoms with Crippen LogP contribution >= 0.6 is 0 Å². The zero-order valence-electron chi connectivity index (χ0n) is 7.86. The second-order valence-electron chi connectivity index (χ2n) is 3.84. The van der Waals surface area contributed by atoms with Gasteiger partial charge in [0.1, 0.15) is 6.29 Å². The number of carbonyl (C=O) groups is 1. The third kappa shape index (κ3) is 1.39. The van der Waals surface area contributed by atoms with Crippen molar-refractivity contribution in [2.75, 3.05) is 0 Å². The van der Waals surface area contributed by atoms with Crippen LogP contribution in [0.1, 0.15) is 30.4 Å². The Labute approximate surface area is 78.8 Å². The summed E-state index contributed by atoms with van der Waals surface area (Å²) in [6.07, 6.45) is 3.35. The molecular formula is C12H14O. The second-order valence-corrected chi connectivity index (χ2v) is 3.84. The highest BCUT2D eigenvalue weighted by Gasteiger charge is 2.26. The molecule has 0 heterocycles. The molecule has 0 radical (unpaired) electrons. The number of aryl methyl sites for hydroxylation is 1. The molecule has 1 nitrogen and oxygen atoms in total. The minimum atomic E-state index is 0.170. The van der Waals surface area contributed by atoms with Crippen LogP contribution in [0.4, 0.5) is 0 Å². The first-order valence-corrected chi connectivity index (χ1v) is 4.86. The van der Waals surface area contributed by atoms with Crippen molar-refractivity contribution < 1.29 is 4.79 Å². The third-order valence-electron chi connectivity index (χ3n) is 3.03. The minimum Gasteiger partial charge on any atom is -0.303 e. The third-order valence-corrected chi connectivity index (χ3v) is 3.03. The number of aldehydes is 1. The number of hydrogen-bond donors (Lipinski definition) is 0. The van der Waals surface area contributed by atoms with Gasteiger partial charge in [-0.1, -0.05) is 31.2 Å². The lowest BCUT2D eigenvalue weighted by Crippen LogP contribution is -2.07. The molecule has 1 aliphatic rings. The Hall–Kier alpha value is -1.11. The van der Waals surface area contributed by atoms with E-state index in [1.54, 1.807) is 0 Å². The number of benzene rings is 1. The van der Waals surface area contributed by atoms with Crippen LogP contribution in [-0.2, 0) is 11.2 Å². The van der Waals surface area contributed by atoms with E-state index in [1.165, 1.54) is 11.1 Å². The smallest absolute Gasteiger partial charge is 0.123 e. The molecule has 0 fully saturated rings. The molecule has 0 bridgehead atoms. The van der Waals surface area contributed by atoms with Gasteiger partial charge in [-0.3, -0.25) is 0 Å². The highest BCUT2D eigenvalue weighted by atomic mass is 16.1. The first kappa shape index (κ1) is 8.49. The van der Waals surface area contributed by atoms with E-state index in [2.05, 4.69) is 24.3 Å². The minimum absolute atomic E-state index is 0.170. The van der Waals surface area contributed by atoms with E-state index in [4.69, 9.17) is 0 Å². The van der Waals surface area contributed by atoms with E-state index >= 15 is 0 Å². The Morgan fingerprint density at radius 2 is 2.23 bits per heavy atom. The summed E-state index contributed by atoms with van der Waals surface area (Å²) in [5, 5.41) is 0. The van der Waals surface area contributed by atoms with Crippen LogP contribution in [0.25, 0.3) is 0 Å². The van der Waals surface area contributed by atoms with E-state index in [9.17, 15) is 4.79 Å². The molecule has 0 N–H and O–H groups in total. The van der Waals surface area contributed by atoms with Crippen molar-refractivity contribution in [3.05, 3.63) is 35.4 Å². The van der Waals surface area contributed by atoms with Crippen molar-refractivity contribution in [3.63, 3.8) is 0 Å². The van der Waals surface area contributed by atoms with Crippen molar-refractivity contribution in [1.82, 2.24) is 0 Å².